The maximum atomic E-state index is 13.2. The minimum atomic E-state index is -0.741. The third kappa shape index (κ3) is 3.82. The van der Waals surface area contributed by atoms with Gasteiger partial charge < -0.3 is 15.1 Å². The maximum absolute atomic E-state index is 13.2. The summed E-state index contributed by atoms with van der Waals surface area (Å²) in [6.07, 6.45) is 1.75. The summed E-state index contributed by atoms with van der Waals surface area (Å²) in [6, 6.07) is 13.8. The number of imide groups is 1. The first-order chi connectivity index (χ1) is 15.6. The molecule has 3 aliphatic rings. The number of amides is 4. The Kier molecular flexibility index (Phi) is 5.54. The summed E-state index contributed by atoms with van der Waals surface area (Å²) in [5, 5.41) is 2.78. The molecule has 164 valence electrons. The molecular formula is C22H22N6O3S. The number of nitrogens with one attached hydrogen (secondary N) is 2. The molecule has 4 heterocycles. The van der Waals surface area contributed by atoms with Gasteiger partial charge in [0.1, 0.15) is 16.8 Å². The molecule has 2 aromatic rings. The van der Waals surface area contributed by atoms with Crippen molar-refractivity contribution in [2.24, 2.45) is 0 Å². The zero-order valence-corrected chi connectivity index (χ0v) is 18.0. The Morgan fingerprint density at radius 1 is 1.03 bits per heavy atom. The second-order valence-electron chi connectivity index (χ2n) is 7.70. The van der Waals surface area contributed by atoms with Gasteiger partial charge >= 0.3 is 6.03 Å². The van der Waals surface area contributed by atoms with Crippen LogP contribution in [0.3, 0.4) is 0 Å². The number of carbonyl (C=O) groups excluding carboxylic acids is 3. The fourth-order valence-corrected chi connectivity index (χ4v) is 4.95. The summed E-state index contributed by atoms with van der Waals surface area (Å²) in [5.41, 5.74) is 1.21. The number of hydrogen-bond donors (Lipinski definition) is 2. The molecule has 0 aliphatic carbocycles. The monoisotopic (exact) mass is 450 g/mol. The lowest BCUT2D eigenvalue weighted by atomic mass is 10.1. The number of anilines is 1. The topological polar surface area (TPSA) is 97.9 Å². The van der Waals surface area contributed by atoms with E-state index in [9.17, 15) is 14.4 Å². The summed E-state index contributed by atoms with van der Waals surface area (Å²) in [5.74, 6) is 0.357. The molecule has 1 aromatic carbocycles. The fraction of sp³-hybridized carbons (Fsp3) is 0.273. The van der Waals surface area contributed by atoms with Gasteiger partial charge in [-0.3, -0.25) is 14.5 Å². The van der Waals surface area contributed by atoms with Crippen LogP contribution in [0, 0.1) is 0 Å². The van der Waals surface area contributed by atoms with Crippen LogP contribution in [0.1, 0.15) is 5.56 Å². The van der Waals surface area contributed by atoms with Gasteiger partial charge in [-0.15, -0.1) is 0 Å². The number of aromatic nitrogens is 1. The lowest BCUT2D eigenvalue weighted by Crippen LogP contribution is -2.57. The second kappa shape index (κ2) is 8.64. The van der Waals surface area contributed by atoms with Crippen LogP contribution in [-0.4, -0.2) is 64.9 Å². The van der Waals surface area contributed by atoms with Crippen LogP contribution in [0.4, 0.5) is 10.6 Å². The van der Waals surface area contributed by atoms with Crippen LogP contribution in [0.25, 0.3) is 0 Å². The van der Waals surface area contributed by atoms with E-state index in [-0.39, 0.29) is 18.4 Å². The molecule has 5 rings (SSSR count). The molecule has 1 unspecified atom stereocenters. The predicted molar refractivity (Wildman–Crippen MR) is 120 cm³/mol. The van der Waals surface area contributed by atoms with E-state index in [1.807, 2.05) is 48.5 Å². The average molecular weight is 451 g/mol. The molecule has 0 saturated carbocycles. The maximum Gasteiger partial charge on any atom is 0.328 e. The van der Waals surface area contributed by atoms with Crippen molar-refractivity contribution in [2.75, 3.05) is 31.1 Å². The van der Waals surface area contributed by atoms with E-state index in [1.165, 1.54) is 4.90 Å². The van der Waals surface area contributed by atoms with Crippen LogP contribution in [0.15, 0.2) is 65.3 Å². The van der Waals surface area contributed by atoms with Crippen molar-refractivity contribution in [3.63, 3.8) is 0 Å². The van der Waals surface area contributed by atoms with Gasteiger partial charge in [0, 0.05) is 32.4 Å². The zero-order valence-electron chi connectivity index (χ0n) is 17.2. The van der Waals surface area contributed by atoms with Crippen LogP contribution >= 0.6 is 11.9 Å². The highest BCUT2D eigenvalue weighted by Gasteiger charge is 2.45. The Labute approximate surface area is 189 Å². The average Bonchev–Trinajstić information content (AvgIpc) is 3.26. The van der Waals surface area contributed by atoms with Gasteiger partial charge in [-0.05, 0) is 29.6 Å². The summed E-state index contributed by atoms with van der Waals surface area (Å²) >= 11 is 1.11. The number of hydrogen-bond acceptors (Lipinski definition) is 7. The lowest BCUT2D eigenvalue weighted by molar-refractivity contribution is -0.130. The first kappa shape index (κ1) is 20.5. The number of benzene rings is 1. The Bertz CT molecular complexity index is 1070. The van der Waals surface area contributed by atoms with Crippen LogP contribution in [0.2, 0.25) is 0 Å². The highest BCUT2D eigenvalue weighted by Crippen LogP contribution is 2.32. The minimum Gasteiger partial charge on any atom is -0.353 e. The molecule has 4 amide bonds. The Morgan fingerprint density at radius 2 is 1.78 bits per heavy atom. The van der Waals surface area contributed by atoms with Crippen molar-refractivity contribution in [3.8, 4) is 0 Å². The number of rotatable bonds is 4. The first-order valence-electron chi connectivity index (χ1n) is 10.4. The number of piperazine rings is 1. The SMILES string of the molecule is O=C(C1=C2NC(=O)N(Cc3ccccc3)C(=O)C2NS1)N1CCN(c2ccccn2)CC1. The molecule has 2 fully saturated rings. The normalized spacial score (nSPS) is 21.0. The zero-order chi connectivity index (χ0) is 22.1. The van der Waals surface area contributed by atoms with Gasteiger partial charge in [0.05, 0.1) is 12.2 Å². The lowest BCUT2D eigenvalue weighted by Gasteiger charge is -2.35. The molecule has 0 radical (unpaired) electrons. The summed E-state index contributed by atoms with van der Waals surface area (Å²) < 4.78 is 3.02. The molecule has 2 N–H and O–H groups in total. The molecule has 1 atom stereocenters. The highest BCUT2D eigenvalue weighted by atomic mass is 32.2. The molecule has 32 heavy (non-hydrogen) atoms. The second-order valence-corrected chi connectivity index (χ2v) is 8.55. The molecule has 2 saturated heterocycles. The van der Waals surface area contributed by atoms with Crippen molar-refractivity contribution in [1.82, 2.24) is 24.8 Å². The Balaban J connectivity index is 1.27. The van der Waals surface area contributed by atoms with E-state index in [2.05, 4.69) is 19.9 Å². The third-order valence-corrected chi connectivity index (χ3v) is 6.68. The summed E-state index contributed by atoms with van der Waals surface area (Å²) in [6.45, 7) is 2.60. The highest BCUT2D eigenvalue weighted by molar-refractivity contribution is 8.02. The predicted octanol–water partition coefficient (Wildman–Crippen LogP) is 1.31. The van der Waals surface area contributed by atoms with Crippen LogP contribution in [0.5, 0.6) is 0 Å². The molecule has 0 bridgehead atoms. The number of pyridine rings is 1. The van der Waals surface area contributed by atoms with E-state index in [0.29, 0.717) is 36.8 Å². The van der Waals surface area contributed by atoms with E-state index < -0.39 is 12.1 Å². The van der Waals surface area contributed by atoms with Crippen molar-refractivity contribution >= 4 is 35.6 Å². The van der Waals surface area contributed by atoms with Crippen molar-refractivity contribution < 1.29 is 14.4 Å². The molecule has 10 heteroatoms. The number of fused-ring (bicyclic) bond motifs is 1. The molecular weight excluding hydrogens is 428 g/mol. The molecule has 1 aromatic heterocycles. The van der Waals surface area contributed by atoms with Crippen LogP contribution in [-0.2, 0) is 16.1 Å². The summed E-state index contributed by atoms with van der Waals surface area (Å²) in [4.78, 5) is 48.7. The van der Waals surface area contributed by atoms with Gasteiger partial charge in [-0.2, -0.15) is 0 Å². The molecule has 9 nitrogen and oxygen atoms in total. The minimum absolute atomic E-state index is 0.176. The van der Waals surface area contributed by atoms with Gasteiger partial charge in [0.2, 0.25) is 0 Å². The van der Waals surface area contributed by atoms with Crippen molar-refractivity contribution in [3.05, 3.63) is 70.9 Å². The van der Waals surface area contributed by atoms with Gasteiger partial charge in [0.15, 0.2) is 0 Å². The van der Waals surface area contributed by atoms with Crippen LogP contribution < -0.4 is 14.9 Å². The number of urea groups is 1. The Hall–Kier alpha value is -3.37. The largest absolute Gasteiger partial charge is 0.353 e. The summed E-state index contributed by atoms with van der Waals surface area (Å²) in [7, 11) is 0. The third-order valence-electron chi connectivity index (χ3n) is 5.73. The quantitative estimate of drug-likeness (QED) is 0.678. The smallest absolute Gasteiger partial charge is 0.328 e. The van der Waals surface area contributed by atoms with E-state index in [0.717, 1.165) is 23.3 Å². The van der Waals surface area contributed by atoms with Gasteiger partial charge in [-0.1, -0.05) is 36.4 Å². The Morgan fingerprint density at radius 3 is 2.50 bits per heavy atom. The number of carbonyl (C=O) groups is 3. The van der Waals surface area contributed by atoms with Crippen molar-refractivity contribution in [1.29, 1.82) is 0 Å². The van der Waals surface area contributed by atoms with E-state index in [4.69, 9.17) is 0 Å². The van der Waals surface area contributed by atoms with Crippen molar-refractivity contribution in [2.45, 2.75) is 12.6 Å². The van der Waals surface area contributed by atoms with E-state index in [1.54, 1.807) is 11.1 Å². The standard InChI is InChI=1S/C22H22N6O3S/c29-20-18-17(24-22(31)28(20)14-15-6-2-1-3-7-15)19(32-25-18)21(30)27-12-10-26(11-13-27)16-8-4-5-9-23-16/h1-9,18,25H,10-14H2,(H,24,31). The molecule has 3 aliphatic heterocycles. The molecule has 0 spiro atoms. The first-order valence-corrected chi connectivity index (χ1v) is 11.2. The van der Waals surface area contributed by atoms with E-state index >= 15 is 0 Å². The van der Waals surface area contributed by atoms with Gasteiger partial charge in [0.25, 0.3) is 11.8 Å². The number of nitrogens with zero attached hydrogens (tertiary/aromatic N) is 4. The van der Waals surface area contributed by atoms with Gasteiger partial charge in [-0.25, -0.2) is 14.5 Å². The fourth-order valence-electron chi connectivity index (χ4n) is 4.00.